The van der Waals surface area contributed by atoms with Gasteiger partial charge in [-0.15, -0.1) is 6.58 Å². The number of nitrogens with zero attached hydrogens (tertiary/aromatic N) is 1. The van der Waals surface area contributed by atoms with Crippen LogP contribution in [0.5, 0.6) is 0 Å². The van der Waals surface area contributed by atoms with E-state index >= 15 is 0 Å². The van der Waals surface area contributed by atoms with Gasteiger partial charge < -0.3 is 9.32 Å². The molecule has 4 heteroatoms. The lowest BCUT2D eigenvalue weighted by molar-refractivity contribution is 0.0599. The largest absolute Gasteiger partial charge is 0.468 e. The minimum Gasteiger partial charge on any atom is -0.468 e. The van der Waals surface area contributed by atoms with Crippen LogP contribution in [0.2, 0.25) is 0 Å². The SMILES string of the molecule is C=CC[C@@H]1CC=C[C@@H](c2ccccc2)N1C(=O)c1coc2c1C(=O)CCC2. The Morgan fingerprint density at radius 3 is 2.85 bits per heavy atom. The first-order valence-electron chi connectivity index (χ1n) is 9.49. The molecule has 2 atom stereocenters. The highest BCUT2D eigenvalue weighted by molar-refractivity contribution is 6.09. The van der Waals surface area contributed by atoms with E-state index in [1.807, 2.05) is 41.3 Å². The van der Waals surface area contributed by atoms with E-state index in [-0.39, 0.29) is 23.8 Å². The van der Waals surface area contributed by atoms with Crippen LogP contribution >= 0.6 is 0 Å². The number of benzene rings is 1. The summed E-state index contributed by atoms with van der Waals surface area (Å²) in [6, 6.07) is 9.83. The van der Waals surface area contributed by atoms with Gasteiger partial charge >= 0.3 is 0 Å². The summed E-state index contributed by atoms with van der Waals surface area (Å²) in [5, 5.41) is 0. The van der Waals surface area contributed by atoms with Crippen molar-refractivity contribution in [3.8, 4) is 0 Å². The molecule has 0 fully saturated rings. The minimum atomic E-state index is -0.165. The van der Waals surface area contributed by atoms with Crippen molar-refractivity contribution >= 4 is 11.7 Å². The van der Waals surface area contributed by atoms with Crippen LogP contribution in [0, 0.1) is 0 Å². The lowest BCUT2D eigenvalue weighted by atomic mass is 9.91. The molecule has 0 spiro atoms. The van der Waals surface area contributed by atoms with E-state index in [1.165, 1.54) is 6.26 Å². The summed E-state index contributed by atoms with van der Waals surface area (Å²) in [4.78, 5) is 27.9. The molecule has 0 saturated heterocycles. The van der Waals surface area contributed by atoms with E-state index < -0.39 is 0 Å². The Kier molecular flexibility index (Phi) is 4.80. The van der Waals surface area contributed by atoms with Crippen LogP contribution in [0.25, 0.3) is 0 Å². The first kappa shape index (κ1) is 17.5. The maximum Gasteiger partial charge on any atom is 0.258 e. The van der Waals surface area contributed by atoms with Crippen LogP contribution in [0.4, 0.5) is 0 Å². The molecule has 138 valence electrons. The fourth-order valence-electron chi connectivity index (χ4n) is 4.13. The highest BCUT2D eigenvalue weighted by atomic mass is 16.3. The normalized spacial score (nSPS) is 21.8. The Morgan fingerprint density at radius 2 is 2.07 bits per heavy atom. The molecular formula is C23H23NO3. The second kappa shape index (κ2) is 7.39. The van der Waals surface area contributed by atoms with Gasteiger partial charge in [-0.2, -0.15) is 0 Å². The number of hydrogen-bond acceptors (Lipinski definition) is 3. The second-order valence-corrected chi connectivity index (χ2v) is 7.13. The Labute approximate surface area is 159 Å². The van der Waals surface area contributed by atoms with Crippen LogP contribution in [-0.4, -0.2) is 22.6 Å². The fourth-order valence-corrected chi connectivity index (χ4v) is 4.13. The van der Waals surface area contributed by atoms with Crippen LogP contribution < -0.4 is 0 Å². The summed E-state index contributed by atoms with van der Waals surface area (Å²) in [6.45, 7) is 3.86. The molecule has 2 heterocycles. The third kappa shape index (κ3) is 3.16. The Hall–Kier alpha value is -2.88. The monoisotopic (exact) mass is 361 g/mol. The number of fused-ring (bicyclic) bond motifs is 1. The highest BCUT2D eigenvalue weighted by Gasteiger charge is 2.36. The maximum atomic E-state index is 13.6. The standard InChI is InChI=1S/C23H23NO3/c1-2-8-17-11-6-12-19(16-9-4-3-5-10-16)24(17)23(26)18-15-27-21-14-7-13-20(25)22(18)21/h2-6,9-10,12,15,17,19H,1,7-8,11,13-14H2/t17-,19+/m1/s1. The zero-order valence-electron chi connectivity index (χ0n) is 15.3. The molecule has 2 aliphatic rings. The van der Waals surface area contributed by atoms with Crippen LogP contribution in [0.3, 0.4) is 0 Å². The van der Waals surface area contributed by atoms with Gasteiger partial charge in [0.25, 0.3) is 5.91 Å². The quantitative estimate of drug-likeness (QED) is 0.729. The number of amides is 1. The number of furan rings is 1. The number of Topliss-reactive ketones (excluding diaryl/α,β-unsaturated/α-hetero) is 1. The van der Waals surface area contributed by atoms with Crippen molar-refractivity contribution in [2.24, 2.45) is 0 Å². The average molecular weight is 361 g/mol. The molecule has 0 radical (unpaired) electrons. The molecule has 0 bridgehead atoms. The van der Waals surface area contributed by atoms with Crippen LogP contribution in [-0.2, 0) is 6.42 Å². The van der Waals surface area contributed by atoms with Crippen molar-refractivity contribution in [3.05, 3.63) is 83.9 Å². The van der Waals surface area contributed by atoms with E-state index in [2.05, 4.69) is 18.7 Å². The smallest absolute Gasteiger partial charge is 0.258 e. The zero-order valence-corrected chi connectivity index (χ0v) is 15.3. The molecule has 1 aromatic heterocycles. The molecule has 0 unspecified atom stereocenters. The Bertz CT molecular complexity index is 894. The molecule has 0 N–H and O–H groups in total. The molecule has 1 aromatic carbocycles. The Morgan fingerprint density at radius 1 is 1.26 bits per heavy atom. The number of carbonyl (C=O) groups is 2. The number of ketones is 1. The van der Waals surface area contributed by atoms with Gasteiger partial charge in [0.2, 0.25) is 0 Å². The molecule has 0 saturated carbocycles. The minimum absolute atomic E-state index is 0.00875. The first-order valence-corrected chi connectivity index (χ1v) is 9.49. The van der Waals surface area contributed by atoms with Gasteiger partial charge in [-0.05, 0) is 24.8 Å². The van der Waals surface area contributed by atoms with Crippen molar-refractivity contribution in [3.63, 3.8) is 0 Å². The number of hydrogen-bond donors (Lipinski definition) is 0. The van der Waals surface area contributed by atoms with E-state index in [4.69, 9.17) is 4.42 Å². The number of rotatable bonds is 4. The van der Waals surface area contributed by atoms with Crippen LogP contribution in [0.15, 0.2) is 65.8 Å². The van der Waals surface area contributed by atoms with Gasteiger partial charge in [0.05, 0.1) is 17.2 Å². The fraction of sp³-hybridized carbons (Fsp3) is 0.304. The van der Waals surface area contributed by atoms with Crippen molar-refractivity contribution < 1.29 is 14.0 Å². The predicted octanol–water partition coefficient (Wildman–Crippen LogP) is 4.89. The molecular weight excluding hydrogens is 338 g/mol. The van der Waals surface area contributed by atoms with Crippen molar-refractivity contribution in [1.29, 1.82) is 0 Å². The number of carbonyl (C=O) groups excluding carboxylic acids is 2. The lowest BCUT2D eigenvalue weighted by Crippen LogP contribution is -2.44. The van der Waals surface area contributed by atoms with E-state index in [1.54, 1.807) is 0 Å². The van der Waals surface area contributed by atoms with Gasteiger partial charge in [-0.1, -0.05) is 48.6 Å². The van der Waals surface area contributed by atoms with Crippen molar-refractivity contribution in [2.75, 3.05) is 0 Å². The van der Waals surface area contributed by atoms with E-state index in [9.17, 15) is 9.59 Å². The van der Waals surface area contributed by atoms with E-state index in [0.717, 1.165) is 18.4 Å². The zero-order chi connectivity index (χ0) is 18.8. The van der Waals surface area contributed by atoms with Gasteiger partial charge in [-0.25, -0.2) is 0 Å². The van der Waals surface area contributed by atoms with Crippen molar-refractivity contribution in [2.45, 2.75) is 44.2 Å². The molecule has 2 aromatic rings. The second-order valence-electron chi connectivity index (χ2n) is 7.13. The van der Waals surface area contributed by atoms with Gasteiger partial charge in [0, 0.05) is 18.9 Å². The molecule has 27 heavy (non-hydrogen) atoms. The first-order chi connectivity index (χ1) is 13.2. The van der Waals surface area contributed by atoms with Crippen molar-refractivity contribution in [1.82, 2.24) is 4.90 Å². The topological polar surface area (TPSA) is 50.5 Å². The molecule has 4 nitrogen and oxygen atoms in total. The van der Waals surface area contributed by atoms with Gasteiger partial charge in [0.15, 0.2) is 5.78 Å². The lowest BCUT2D eigenvalue weighted by Gasteiger charge is -2.39. The Balaban J connectivity index is 1.76. The van der Waals surface area contributed by atoms with Crippen LogP contribution in [0.1, 0.15) is 63.8 Å². The summed E-state index contributed by atoms with van der Waals surface area (Å²) >= 11 is 0. The molecule has 4 rings (SSSR count). The summed E-state index contributed by atoms with van der Waals surface area (Å²) in [6.07, 6.45) is 11.0. The van der Waals surface area contributed by atoms with Gasteiger partial charge in [0.1, 0.15) is 12.0 Å². The summed E-state index contributed by atoms with van der Waals surface area (Å²) in [5.74, 6) is 0.524. The summed E-state index contributed by atoms with van der Waals surface area (Å²) < 4.78 is 5.60. The third-order valence-corrected chi connectivity index (χ3v) is 5.42. The molecule has 1 amide bonds. The maximum absolute atomic E-state index is 13.6. The highest BCUT2D eigenvalue weighted by Crippen LogP contribution is 2.35. The summed E-state index contributed by atoms with van der Waals surface area (Å²) in [5.41, 5.74) is 1.95. The average Bonchev–Trinajstić information content (AvgIpc) is 3.14. The molecule has 1 aliphatic heterocycles. The molecule has 1 aliphatic carbocycles. The van der Waals surface area contributed by atoms with Gasteiger partial charge in [-0.3, -0.25) is 9.59 Å². The summed E-state index contributed by atoms with van der Waals surface area (Å²) in [7, 11) is 0. The number of aryl methyl sites for hydroxylation is 1. The predicted molar refractivity (Wildman–Crippen MR) is 104 cm³/mol. The van der Waals surface area contributed by atoms with E-state index in [0.29, 0.717) is 36.1 Å². The third-order valence-electron chi connectivity index (χ3n) is 5.42.